The first kappa shape index (κ1) is 10.1. The van der Waals surface area contributed by atoms with Gasteiger partial charge in [-0.3, -0.25) is 4.79 Å². The molecule has 2 rings (SSSR count). The van der Waals surface area contributed by atoms with Crippen LogP contribution in [-0.2, 0) is 19.0 Å². The molecular weight excluding hydrogens is 184 g/mol. The minimum absolute atomic E-state index is 0.0151. The molecule has 2 aliphatic rings. The lowest BCUT2D eigenvalue weighted by Gasteiger charge is -2.31. The Hall–Kier alpha value is -0.450. The summed E-state index contributed by atoms with van der Waals surface area (Å²) in [5, 5.41) is 0. The Kier molecular flexibility index (Phi) is 2.17. The van der Waals surface area contributed by atoms with Crippen LogP contribution in [0.25, 0.3) is 0 Å². The van der Waals surface area contributed by atoms with Crippen LogP contribution in [0.15, 0.2) is 0 Å². The highest BCUT2D eigenvalue weighted by Crippen LogP contribution is 2.35. The monoisotopic (exact) mass is 200 g/mol. The molecule has 4 unspecified atom stereocenters. The summed E-state index contributed by atoms with van der Waals surface area (Å²) in [4.78, 5) is 11.7. The van der Waals surface area contributed by atoms with Crippen molar-refractivity contribution in [3.05, 3.63) is 0 Å². The van der Waals surface area contributed by atoms with Crippen molar-refractivity contribution in [2.75, 3.05) is 0 Å². The SMILES string of the molecule is CC1OC(C)C2OC(C)(C)OC2C1=O. The Balaban J connectivity index is 2.22. The van der Waals surface area contributed by atoms with Crippen molar-refractivity contribution in [1.82, 2.24) is 0 Å². The van der Waals surface area contributed by atoms with E-state index in [2.05, 4.69) is 0 Å². The third-order valence-corrected chi connectivity index (χ3v) is 2.69. The summed E-state index contributed by atoms with van der Waals surface area (Å²) in [6.45, 7) is 7.29. The van der Waals surface area contributed by atoms with E-state index < -0.39 is 11.9 Å². The summed E-state index contributed by atoms with van der Waals surface area (Å²) in [6, 6.07) is 0. The van der Waals surface area contributed by atoms with E-state index >= 15 is 0 Å². The summed E-state index contributed by atoms with van der Waals surface area (Å²) in [5.74, 6) is -0.689. The number of hydrogen-bond acceptors (Lipinski definition) is 4. The van der Waals surface area contributed by atoms with Crippen molar-refractivity contribution < 1.29 is 19.0 Å². The van der Waals surface area contributed by atoms with Gasteiger partial charge < -0.3 is 14.2 Å². The first-order valence-corrected chi connectivity index (χ1v) is 4.95. The molecule has 2 fully saturated rings. The third kappa shape index (κ3) is 1.47. The van der Waals surface area contributed by atoms with Gasteiger partial charge in [0, 0.05) is 0 Å². The molecule has 4 nitrogen and oxygen atoms in total. The number of ether oxygens (including phenoxy) is 3. The normalized spacial score (nSPS) is 46.4. The fourth-order valence-electron chi connectivity index (χ4n) is 2.05. The zero-order chi connectivity index (χ0) is 10.5. The van der Waals surface area contributed by atoms with Gasteiger partial charge in [-0.05, 0) is 27.7 Å². The Morgan fingerprint density at radius 3 is 2.50 bits per heavy atom. The van der Waals surface area contributed by atoms with Crippen LogP contribution < -0.4 is 0 Å². The summed E-state index contributed by atoms with van der Waals surface area (Å²) in [5.41, 5.74) is 0. The lowest BCUT2D eigenvalue weighted by molar-refractivity contribution is -0.160. The van der Waals surface area contributed by atoms with Crippen LogP contribution >= 0.6 is 0 Å². The molecule has 0 aromatic carbocycles. The molecule has 14 heavy (non-hydrogen) atoms. The molecule has 0 amide bonds. The van der Waals surface area contributed by atoms with E-state index in [1.165, 1.54) is 0 Å². The van der Waals surface area contributed by atoms with E-state index in [0.717, 1.165) is 0 Å². The van der Waals surface area contributed by atoms with Gasteiger partial charge in [0.2, 0.25) is 0 Å². The summed E-state index contributed by atoms with van der Waals surface area (Å²) >= 11 is 0. The van der Waals surface area contributed by atoms with Gasteiger partial charge in [-0.25, -0.2) is 0 Å². The van der Waals surface area contributed by atoms with Crippen molar-refractivity contribution in [2.24, 2.45) is 0 Å². The van der Waals surface area contributed by atoms with Crippen LogP contribution in [0.2, 0.25) is 0 Å². The maximum absolute atomic E-state index is 11.7. The first-order chi connectivity index (χ1) is 6.41. The Labute approximate surface area is 83.5 Å². The molecule has 0 radical (unpaired) electrons. The van der Waals surface area contributed by atoms with Crippen molar-refractivity contribution in [1.29, 1.82) is 0 Å². The molecule has 0 spiro atoms. The minimum atomic E-state index is -0.674. The molecule has 0 bridgehead atoms. The highest BCUT2D eigenvalue weighted by atomic mass is 16.8. The molecule has 2 aliphatic heterocycles. The molecule has 4 heteroatoms. The molecule has 2 heterocycles. The van der Waals surface area contributed by atoms with Gasteiger partial charge in [0.25, 0.3) is 0 Å². The van der Waals surface area contributed by atoms with Gasteiger partial charge in [-0.2, -0.15) is 0 Å². The maximum Gasteiger partial charge on any atom is 0.192 e. The van der Waals surface area contributed by atoms with Crippen LogP contribution in [0.5, 0.6) is 0 Å². The van der Waals surface area contributed by atoms with Gasteiger partial charge in [0.05, 0.1) is 6.10 Å². The third-order valence-electron chi connectivity index (χ3n) is 2.69. The lowest BCUT2D eigenvalue weighted by atomic mass is 9.98. The van der Waals surface area contributed by atoms with Crippen LogP contribution in [-0.4, -0.2) is 36.0 Å². The van der Waals surface area contributed by atoms with Crippen LogP contribution in [0.3, 0.4) is 0 Å². The highest BCUT2D eigenvalue weighted by Gasteiger charge is 2.52. The Morgan fingerprint density at radius 2 is 1.86 bits per heavy atom. The van der Waals surface area contributed by atoms with Crippen molar-refractivity contribution in [3.63, 3.8) is 0 Å². The molecule has 0 N–H and O–H groups in total. The molecule has 0 aromatic rings. The van der Waals surface area contributed by atoms with Crippen molar-refractivity contribution in [2.45, 2.75) is 57.9 Å². The molecular formula is C10H16O4. The Morgan fingerprint density at radius 1 is 1.21 bits per heavy atom. The highest BCUT2D eigenvalue weighted by molar-refractivity contribution is 5.88. The van der Waals surface area contributed by atoms with Crippen LogP contribution in [0, 0.1) is 0 Å². The fourth-order valence-corrected chi connectivity index (χ4v) is 2.05. The van der Waals surface area contributed by atoms with Crippen LogP contribution in [0.1, 0.15) is 27.7 Å². The number of Topliss-reactive ketones (excluding diaryl/α,β-unsaturated/α-hetero) is 1. The number of ketones is 1. The molecule has 2 saturated heterocycles. The minimum Gasteiger partial charge on any atom is -0.365 e. The van der Waals surface area contributed by atoms with Crippen molar-refractivity contribution in [3.8, 4) is 0 Å². The van der Waals surface area contributed by atoms with Gasteiger partial charge in [-0.15, -0.1) is 0 Å². The second kappa shape index (κ2) is 3.02. The molecule has 0 saturated carbocycles. The van der Waals surface area contributed by atoms with E-state index in [-0.39, 0.29) is 24.1 Å². The topological polar surface area (TPSA) is 44.8 Å². The second-order valence-corrected chi connectivity index (χ2v) is 4.41. The standard InChI is InChI=1S/C10H16O4/c1-5-7(11)9-8(6(2)12-5)13-10(3,4)14-9/h5-6,8-9H,1-4H3. The fraction of sp³-hybridized carbons (Fsp3) is 0.900. The van der Waals surface area contributed by atoms with E-state index in [9.17, 15) is 4.79 Å². The molecule has 80 valence electrons. The molecule has 0 aliphatic carbocycles. The van der Waals surface area contributed by atoms with E-state index in [1.54, 1.807) is 6.92 Å². The van der Waals surface area contributed by atoms with Gasteiger partial charge in [0.1, 0.15) is 12.2 Å². The van der Waals surface area contributed by atoms with Crippen LogP contribution in [0.4, 0.5) is 0 Å². The molecule has 0 aromatic heterocycles. The predicted molar refractivity (Wildman–Crippen MR) is 48.8 cm³/mol. The number of carbonyl (C=O) groups is 1. The van der Waals surface area contributed by atoms with E-state index in [1.807, 2.05) is 20.8 Å². The van der Waals surface area contributed by atoms with E-state index in [0.29, 0.717) is 0 Å². The zero-order valence-electron chi connectivity index (χ0n) is 8.94. The largest absolute Gasteiger partial charge is 0.365 e. The average molecular weight is 200 g/mol. The number of fused-ring (bicyclic) bond motifs is 1. The van der Waals surface area contributed by atoms with E-state index in [4.69, 9.17) is 14.2 Å². The summed E-state index contributed by atoms with van der Waals surface area (Å²) < 4.78 is 16.6. The quantitative estimate of drug-likeness (QED) is 0.582. The zero-order valence-corrected chi connectivity index (χ0v) is 8.94. The van der Waals surface area contributed by atoms with Gasteiger partial charge >= 0.3 is 0 Å². The second-order valence-electron chi connectivity index (χ2n) is 4.41. The van der Waals surface area contributed by atoms with Gasteiger partial charge in [0.15, 0.2) is 17.7 Å². The van der Waals surface area contributed by atoms with Gasteiger partial charge in [-0.1, -0.05) is 0 Å². The lowest BCUT2D eigenvalue weighted by Crippen LogP contribution is -2.51. The molecule has 4 atom stereocenters. The number of carbonyl (C=O) groups excluding carboxylic acids is 1. The smallest absolute Gasteiger partial charge is 0.192 e. The maximum atomic E-state index is 11.7. The number of rotatable bonds is 0. The number of hydrogen-bond donors (Lipinski definition) is 0. The predicted octanol–water partition coefficient (Wildman–Crippen LogP) is 0.883. The Bertz CT molecular complexity index is 261. The van der Waals surface area contributed by atoms with Crippen molar-refractivity contribution >= 4 is 5.78 Å². The average Bonchev–Trinajstić information content (AvgIpc) is 2.38. The first-order valence-electron chi connectivity index (χ1n) is 4.95. The summed E-state index contributed by atoms with van der Waals surface area (Å²) in [6.07, 6.45) is -1.18. The summed E-state index contributed by atoms with van der Waals surface area (Å²) in [7, 11) is 0.